The quantitative estimate of drug-likeness (QED) is 0.868. The molecular formula is C15H19F3N2O4. The Bertz CT molecular complexity index is 531. The van der Waals surface area contributed by atoms with Gasteiger partial charge in [-0.25, -0.2) is 9.86 Å². The number of alkyl halides is 3. The zero-order chi connectivity index (χ0) is 18.2. The van der Waals surface area contributed by atoms with Crippen LogP contribution in [-0.2, 0) is 20.8 Å². The molecule has 1 atom stereocenters. The van der Waals surface area contributed by atoms with E-state index in [1.54, 1.807) is 0 Å². The van der Waals surface area contributed by atoms with Gasteiger partial charge >= 0.3 is 12.1 Å². The Balaban J connectivity index is 0.000000351. The lowest BCUT2D eigenvalue weighted by molar-refractivity contribution is -0.198. The van der Waals surface area contributed by atoms with Crippen LogP contribution in [0.1, 0.15) is 18.4 Å². The number of carboxylic acids is 1. The maximum Gasteiger partial charge on any atom is 0.490 e. The summed E-state index contributed by atoms with van der Waals surface area (Å²) in [6.45, 7) is 1.27. The maximum absolute atomic E-state index is 12.0. The monoisotopic (exact) mass is 348 g/mol. The Kier molecular flexibility index (Phi) is 7.66. The molecule has 0 spiro atoms. The highest BCUT2D eigenvalue weighted by Crippen LogP contribution is 2.13. The van der Waals surface area contributed by atoms with Gasteiger partial charge in [-0.2, -0.15) is 13.2 Å². The molecule has 1 saturated heterocycles. The second-order valence-corrected chi connectivity index (χ2v) is 5.08. The van der Waals surface area contributed by atoms with Crippen LogP contribution in [0.2, 0.25) is 0 Å². The number of rotatable bonds is 3. The van der Waals surface area contributed by atoms with Gasteiger partial charge in [0.15, 0.2) is 0 Å². The van der Waals surface area contributed by atoms with E-state index in [2.05, 4.69) is 0 Å². The highest BCUT2D eigenvalue weighted by Gasteiger charge is 2.38. The van der Waals surface area contributed by atoms with E-state index in [4.69, 9.17) is 20.5 Å². The van der Waals surface area contributed by atoms with Crippen molar-refractivity contribution in [1.29, 1.82) is 0 Å². The molecule has 3 N–H and O–H groups in total. The van der Waals surface area contributed by atoms with E-state index in [0.717, 1.165) is 18.4 Å². The molecule has 1 amide bonds. The van der Waals surface area contributed by atoms with Crippen molar-refractivity contribution in [2.75, 3.05) is 13.2 Å². The van der Waals surface area contributed by atoms with Gasteiger partial charge in [0.05, 0.1) is 12.6 Å². The molecule has 1 fully saturated rings. The van der Waals surface area contributed by atoms with Crippen molar-refractivity contribution >= 4 is 11.9 Å². The molecule has 0 saturated carbocycles. The summed E-state index contributed by atoms with van der Waals surface area (Å²) in [5.74, 6) is -2.87. The van der Waals surface area contributed by atoms with Crippen LogP contribution in [0.3, 0.4) is 0 Å². The van der Waals surface area contributed by atoms with Gasteiger partial charge in [0.25, 0.3) is 5.91 Å². The van der Waals surface area contributed by atoms with Gasteiger partial charge in [0.1, 0.15) is 0 Å². The van der Waals surface area contributed by atoms with Crippen LogP contribution >= 0.6 is 0 Å². The zero-order valence-electron chi connectivity index (χ0n) is 12.8. The average Bonchev–Trinajstić information content (AvgIpc) is 2.55. The number of halogens is 3. The molecule has 1 aromatic rings. The standard InChI is InChI=1S/C13H18N2O2.C2HF3O2/c14-12(10-11-6-2-1-3-7-11)13(16)15-8-4-5-9-17-15;3-2(4,5)1(6)7/h1-3,6-7,12H,4-5,8-10,14H2;(H,6,7)/t12-;/m0./s1. The van der Waals surface area contributed by atoms with Crippen LogP contribution in [0.15, 0.2) is 30.3 Å². The third-order valence-corrected chi connectivity index (χ3v) is 3.11. The lowest BCUT2D eigenvalue weighted by Crippen LogP contribution is -2.46. The minimum atomic E-state index is -5.08. The largest absolute Gasteiger partial charge is 0.490 e. The topological polar surface area (TPSA) is 92.9 Å². The predicted octanol–water partition coefficient (Wildman–Crippen LogP) is 1.74. The van der Waals surface area contributed by atoms with Crippen molar-refractivity contribution in [3.8, 4) is 0 Å². The van der Waals surface area contributed by atoms with Crippen molar-refractivity contribution in [1.82, 2.24) is 5.06 Å². The molecule has 1 aliphatic heterocycles. The third-order valence-electron chi connectivity index (χ3n) is 3.11. The first-order valence-electron chi connectivity index (χ1n) is 7.25. The van der Waals surface area contributed by atoms with Crippen molar-refractivity contribution in [2.45, 2.75) is 31.5 Å². The number of benzene rings is 1. The van der Waals surface area contributed by atoms with E-state index < -0.39 is 18.2 Å². The fraction of sp³-hybridized carbons (Fsp3) is 0.467. The minimum Gasteiger partial charge on any atom is -0.475 e. The molecule has 0 unspecified atom stereocenters. The molecule has 0 bridgehead atoms. The number of carbonyl (C=O) groups excluding carboxylic acids is 1. The molecule has 9 heteroatoms. The van der Waals surface area contributed by atoms with Crippen LogP contribution < -0.4 is 5.73 Å². The predicted molar refractivity (Wildman–Crippen MR) is 78.7 cm³/mol. The van der Waals surface area contributed by atoms with Crippen LogP contribution in [0.4, 0.5) is 13.2 Å². The highest BCUT2D eigenvalue weighted by atomic mass is 19.4. The lowest BCUT2D eigenvalue weighted by atomic mass is 10.1. The number of hydroxylamine groups is 2. The summed E-state index contributed by atoms with van der Waals surface area (Å²) in [6, 6.07) is 9.28. The summed E-state index contributed by atoms with van der Waals surface area (Å²) in [6.07, 6.45) is -2.53. The molecule has 0 aliphatic carbocycles. The van der Waals surface area contributed by atoms with Crippen LogP contribution in [0.25, 0.3) is 0 Å². The van der Waals surface area contributed by atoms with E-state index in [0.29, 0.717) is 19.6 Å². The van der Waals surface area contributed by atoms with Crippen molar-refractivity contribution in [2.24, 2.45) is 5.73 Å². The Hall–Kier alpha value is -2.13. The number of nitrogens with two attached hydrogens (primary N) is 1. The number of carboxylic acid groups (broad SMARTS) is 1. The molecule has 1 heterocycles. The summed E-state index contributed by atoms with van der Waals surface area (Å²) in [4.78, 5) is 26.2. The number of nitrogens with zero attached hydrogens (tertiary/aromatic N) is 1. The fourth-order valence-corrected chi connectivity index (χ4v) is 1.91. The summed E-state index contributed by atoms with van der Waals surface area (Å²) < 4.78 is 31.7. The van der Waals surface area contributed by atoms with Gasteiger partial charge in [0, 0.05) is 6.54 Å². The lowest BCUT2D eigenvalue weighted by Gasteiger charge is -2.28. The smallest absolute Gasteiger partial charge is 0.475 e. The summed E-state index contributed by atoms with van der Waals surface area (Å²) in [7, 11) is 0. The molecule has 6 nitrogen and oxygen atoms in total. The molecule has 2 rings (SSSR count). The van der Waals surface area contributed by atoms with E-state index in [-0.39, 0.29) is 5.91 Å². The zero-order valence-corrected chi connectivity index (χ0v) is 12.8. The number of amides is 1. The van der Waals surface area contributed by atoms with Crippen LogP contribution in [0.5, 0.6) is 0 Å². The number of hydrogen-bond donors (Lipinski definition) is 2. The molecule has 1 aliphatic rings. The van der Waals surface area contributed by atoms with Crippen LogP contribution in [-0.4, -0.2) is 47.4 Å². The Labute approximate surface area is 136 Å². The summed E-state index contributed by atoms with van der Waals surface area (Å²) in [5.41, 5.74) is 6.98. The van der Waals surface area contributed by atoms with Crippen LogP contribution in [0, 0.1) is 0 Å². The van der Waals surface area contributed by atoms with E-state index in [9.17, 15) is 18.0 Å². The van der Waals surface area contributed by atoms with Crippen molar-refractivity contribution in [3.63, 3.8) is 0 Å². The van der Waals surface area contributed by atoms with E-state index >= 15 is 0 Å². The van der Waals surface area contributed by atoms with Gasteiger partial charge in [-0.1, -0.05) is 30.3 Å². The SMILES string of the molecule is N[C@@H](Cc1ccccc1)C(=O)N1CCCCO1.O=C(O)C(F)(F)F. The molecule has 0 aromatic heterocycles. The Morgan fingerprint density at radius 1 is 1.25 bits per heavy atom. The fourth-order valence-electron chi connectivity index (χ4n) is 1.91. The normalized spacial score (nSPS) is 15.9. The summed E-state index contributed by atoms with van der Waals surface area (Å²) in [5, 5.41) is 8.54. The van der Waals surface area contributed by atoms with E-state index in [1.165, 1.54) is 5.06 Å². The molecule has 1 aromatic carbocycles. The number of hydrogen-bond acceptors (Lipinski definition) is 4. The second kappa shape index (κ2) is 9.24. The maximum atomic E-state index is 12.0. The summed E-state index contributed by atoms with van der Waals surface area (Å²) >= 11 is 0. The molecule has 134 valence electrons. The van der Waals surface area contributed by atoms with Crippen molar-refractivity contribution < 1.29 is 32.7 Å². The van der Waals surface area contributed by atoms with Gasteiger partial charge in [-0.15, -0.1) is 0 Å². The number of carbonyl (C=O) groups is 2. The molecule has 24 heavy (non-hydrogen) atoms. The molecular weight excluding hydrogens is 329 g/mol. The first-order valence-corrected chi connectivity index (χ1v) is 7.25. The van der Waals surface area contributed by atoms with Gasteiger partial charge in [0.2, 0.25) is 0 Å². The van der Waals surface area contributed by atoms with Crippen molar-refractivity contribution in [3.05, 3.63) is 35.9 Å². The van der Waals surface area contributed by atoms with Gasteiger partial charge in [-0.05, 0) is 24.8 Å². The number of aliphatic carboxylic acids is 1. The minimum absolute atomic E-state index is 0.117. The first-order chi connectivity index (χ1) is 11.2. The van der Waals surface area contributed by atoms with Gasteiger partial charge in [-0.3, -0.25) is 9.63 Å². The average molecular weight is 348 g/mol. The second-order valence-electron chi connectivity index (χ2n) is 5.08. The third kappa shape index (κ3) is 6.97. The van der Waals surface area contributed by atoms with E-state index in [1.807, 2.05) is 30.3 Å². The Morgan fingerprint density at radius 3 is 2.29 bits per heavy atom. The molecule has 0 radical (unpaired) electrons. The first kappa shape index (κ1) is 19.9. The highest BCUT2D eigenvalue weighted by molar-refractivity contribution is 5.81. The Morgan fingerprint density at radius 2 is 1.83 bits per heavy atom. The van der Waals surface area contributed by atoms with Gasteiger partial charge < -0.3 is 10.8 Å².